The average Bonchev–Trinajstić information content (AvgIpc) is 3.12. The number of benzene rings is 1. The molecule has 2 heteroatoms. The van der Waals surface area contributed by atoms with E-state index in [1.165, 1.54) is 67.0 Å². The molecule has 5 rings (SSSR count). The van der Waals surface area contributed by atoms with Crippen molar-refractivity contribution >= 4 is 10.9 Å². The smallest absolute Gasteiger partial charge is 0.0917 e. The van der Waals surface area contributed by atoms with Gasteiger partial charge >= 0.3 is 0 Å². The fraction of sp³-hybridized carbons (Fsp3) is 0.545. The molecule has 2 heterocycles. The summed E-state index contributed by atoms with van der Waals surface area (Å²) in [7, 11) is 0. The van der Waals surface area contributed by atoms with Crippen molar-refractivity contribution in [2.24, 2.45) is 17.3 Å². The van der Waals surface area contributed by atoms with Gasteiger partial charge in [0.2, 0.25) is 0 Å². The second-order valence-corrected chi connectivity index (χ2v) is 8.23. The molecule has 2 aliphatic carbocycles. The number of aromatic nitrogens is 1. The van der Waals surface area contributed by atoms with E-state index < -0.39 is 0 Å². The maximum Gasteiger partial charge on any atom is 0.0917 e. The Morgan fingerprint density at radius 3 is 3.00 bits per heavy atom. The first-order valence-corrected chi connectivity index (χ1v) is 9.65. The highest BCUT2D eigenvalue weighted by atomic mass is 16.5. The van der Waals surface area contributed by atoms with Crippen molar-refractivity contribution in [2.45, 2.75) is 51.0 Å². The SMILES string of the molecule is C=C1CC[C@H]2CCCCC[C@]23CO[C@@H](c2c[nH]c4ccccc24)[C@H]13. The molecule has 1 N–H and O–H groups in total. The Labute approximate surface area is 144 Å². The minimum Gasteiger partial charge on any atom is -0.372 e. The van der Waals surface area contributed by atoms with E-state index >= 15 is 0 Å². The number of ether oxygens (including phenoxy) is 1. The molecular formula is C22H27NO. The van der Waals surface area contributed by atoms with Gasteiger partial charge in [0.15, 0.2) is 0 Å². The normalized spacial score (nSPS) is 36.3. The second-order valence-electron chi connectivity index (χ2n) is 8.23. The number of rotatable bonds is 1. The summed E-state index contributed by atoms with van der Waals surface area (Å²) < 4.78 is 6.56. The molecule has 0 bridgehead atoms. The number of H-pyrrole nitrogens is 1. The van der Waals surface area contributed by atoms with Gasteiger partial charge < -0.3 is 9.72 Å². The van der Waals surface area contributed by atoms with Crippen LogP contribution in [0.5, 0.6) is 0 Å². The summed E-state index contributed by atoms with van der Waals surface area (Å²) in [6, 6.07) is 8.62. The van der Waals surface area contributed by atoms with Gasteiger partial charge in [-0.1, -0.05) is 49.6 Å². The van der Waals surface area contributed by atoms with E-state index in [4.69, 9.17) is 4.74 Å². The standard InChI is InChI=1S/C22H27NO/c1-15-10-11-16-7-3-2-6-12-22(16)14-24-21(20(15)22)18-13-23-19-9-5-4-8-17(18)19/h4-5,8-9,13,16,20-21,23H,1-3,6-7,10-12,14H2/t16-,20+,21+,22+/m1/s1. The molecule has 2 aromatic rings. The molecule has 3 fully saturated rings. The molecule has 1 spiro atoms. The van der Waals surface area contributed by atoms with Gasteiger partial charge in [-0.2, -0.15) is 0 Å². The van der Waals surface area contributed by atoms with Crippen molar-refractivity contribution in [1.29, 1.82) is 0 Å². The number of hydrogen-bond donors (Lipinski definition) is 1. The van der Waals surface area contributed by atoms with E-state index in [0.29, 0.717) is 11.3 Å². The van der Waals surface area contributed by atoms with Crippen molar-refractivity contribution in [3.8, 4) is 0 Å². The molecule has 126 valence electrons. The van der Waals surface area contributed by atoms with Crippen molar-refractivity contribution in [3.63, 3.8) is 0 Å². The summed E-state index contributed by atoms with van der Waals surface area (Å²) in [5.74, 6) is 1.35. The number of aromatic amines is 1. The Morgan fingerprint density at radius 1 is 1.12 bits per heavy atom. The minimum atomic E-state index is 0.189. The number of hydrogen-bond acceptors (Lipinski definition) is 1. The lowest BCUT2D eigenvalue weighted by atomic mass is 9.56. The van der Waals surface area contributed by atoms with Gasteiger partial charge in [-0.3, -0.25) is 0 Å². The lowest BCUT2D eigenvalue weighted by Gasteiger charge is -2.46. The summed E-state index contributed by atoms with van der Waals surface area (Å²) >= 11 is 0. The largest absolute Gasteiger partial charge is 0.372 e. The molecule has 1 aromatic carbocycles. The van der Waals surface area contributed by atoms with Crippen molar-refractivity contribution < 1.29 is 4.74 Å². The lowest BCUT2D eigenvalue weighted by molar-refractivity contribution is 0.0631. The van der Waals surface area contributed by atoms with Gasteiger partial charge in [-0.15, -0.1) is 0 Å². The highest BCUT2D eigenvalue weighted by molar-refractivity contribution is 5.83. The molecule has 0 amide bonds. The third-order valence-corrected chi connectivity index (χ3v) is 7.14. The lowest BCUT2D eigenvalue weighted by Crippen LogP contribution is -2.41. The number of para-hydroxylation sites is 1. The molecule has 0 radical (unpaired) electrons. The van der Waals surface area contributed by atoms with Crippen LogP contribution in [0.2, 0.25) is 0 Å². The van der Waals surface area contributed by atoms with E-state index in [0.717, 1.165) is 12.5 Å². The average molecular weight is 321 g/mol. The van der Waals surface area contributed by atoms with Crippen LogP contribution in [0.1, 0.15) is 56.6 Å². The van der Waals surface area contributed by atoms with Crippen LogP contribution in [0.15, 0.2) is 42.6 Å². The summed E-state index contributed by atoms with van der Waals surface area (Å²) in [5, 5.41) is 1.32. The Hall–Kier alpha value is -1.54. The highest BCUT2D eigenvalue weighted by Crippen LogP contribution is 2.62. The van der Waals surface area contributed by atoms with E-state index in [9.17, 15) is 0 Å². The first kappa shape index (κ1) is 14.8. The van der Waals surface area contributed by atoms with E-state index in [1.807, 2.05) is 0 Å². The quantitative estimate of drug-likeness (QED) is 0.662. The molecular weight excluding hydrogens is 294 g/mol. The molecule has 1 aromatic heterocycles. The van der Waals surface area contributed by atoms with Crippen LogP contribution >= 0.6 is 0 Å². The Bertz CT molecular complexity index is 775. The zero-order valence-electron chi connectivity index (χ0n) is 14.4. The molecule has 0 unspecified atom stereocenters. The fourth-order valence-corrected chi connectivity index (χ4v) is 6.01. The summed E-state index contributed by atoms with van der Waals surface area (Å²) in [6.07, 6.45) is 11.8. The van der Waals surface area contributed by atoms with Gasteiger partial charge in [-0.05, 0) is 37.7 Å². The Balaban J connectivity index is 1.60. The molecule has 1 aliphatic heterocycles. The van der Waals surface area contributed by atoms with Crippen LogP contribution in [0.4, 0.5) is 0 Å². The molecule has 2 nitrogen and oxygen atoms in total. The van der Waals surface area contributed by atoms with Crippen LogP contribution in [0.3, 0.4) is 0 Å². The predicted octanol–water partition coefficient (Wildman–Crippen LogP) is 5.77. The van der Waals surface area contributed by atoms with Gasteiger partial charge in [0, 0.05) is 34.0 Å². The predicted molar refractivity (Wildman–Crippen MR) is 97.9 cm³/mol. The monoisotopic (exact) mass is 321 g/mol. The van der Waals surface area contributed by atoms with Crippen molar-refractivity contribution in [3.05, 3.63) is 48.2 Å². The first-order valence-electron chi connectivity index (χ1n) is 9.65. The van der Waals surface area contributed by atoms with E-state index in [-0.39, 0.29) is 6.10 Å². The topological polar surface area (TPSA) is 25.0 Å². The highest BCUT2D eigenvalue weighted by Gasteiger charge is 2.57. The summed E-state index contributed by atoms with van der Waals surface area (Å²) in [6.45, 7) is 5.46. The molecule has 2 saturated carbocycles. The number of nitrogens with one attached hydrogen (secondary N) is 1. The third-order valence-electron chi connectivity index (χ3n) is 7.14. The van der Waals surface area contributed by atoms with E-state index in [1.54, 1.807) is 0 Å². The van der Waals surface area contributed by atoms with Crippen molar-refractivity contribution in [2.75, 3.05) is 6.61 Å². The van der Waals surface area contributed by atoms with Crippen LogP contribution in [-0.4, -0.2) is 11.6 Å². The second kappa shape index (κ2) is 5.49. The summed E-state index contributed by atoms with van der Waals surface area (Å²) in [5.41, 5.74) is 4.37. The van der Waals surface area contributed by atoms with E-state index in [2.05, 4.69) is 42.0 Å². The number of fused-ring (bicyclic) bond motifs is 1. The third kappa shape index (κ3) is 1.99. The molecule has 4 atom stereocenters. The molecule has 24 heavy (non-hydrogen) atoms. The first-order chi connectivity index (χ1) is 11.8. The fourth-order valence-electron chi connectivity index (χ4n) is 6.01. The maximum atomic E-state index is 6.56. The van der Waals surface area contributed by atoms with Crippen LogP contribution in [0.25, 0.3) is 10.9 Å². The summed E-state index contributed by atoms with van der Waals surface area (Å²) in [4.78, 5) is 3.45. The van der Waals surface area contributed by atoms with Gasteiger partial charge in [-0.25, -0.2) is 0 Å². The Morgan fingerprint density at radius 2 is 2.04 bits per heavy atom. The van der Waals surface area contributed by atoms with Gasteiger partial charge in [0.1, 0.15) is 0 Å². The zero-order valence-corrected chi connectivity index (χ0v) is 14.4. The molecule has 1 saturated heterocycles. The maximum absolute atomic E-state index is 6.56. The van der Waals surface area contributed by atoms with Crippen LogP contribution in [0, 0.1) is 17.3 Å². The zero-order chi connectivity index (χ0) is 16.1. The van der Waals surface area contributed by atoms with Crippen LogP contribution < -0.4 is 0 Å². The minimum absolute atomic E-state index is 0.189. The van der Waals surface area contributed by atoms with Gasteiger partial charge in [0.25, 0.3) is 0 Å². The van der Waals surface area contributed by atoms with Gasteiger partial charge in [0.05, 0.1) is 12.7 Å². The molecule has 3 aliphatic rings. The van der Waals surface area contributed by atoms with Crippen LogP contribution in [-0.2, 0) is 4.74 Å². The Kier molecular flexibility index (Phi) is 3.38. The van der Waals surface area contributed by atoms with Crippen molar-refractivity contribution in [1.82, 2.24) is 4.98 Å².